The van der Waals surface area contributed by atoms with Gasteiger partial charge in [0.05, 0.1) is 5.56 Å². The van der Waals surface area contributed by atoms with E-state index in [1.165, 1.54) is 37.3 Å². The average Bonchev–Trinajstić information content (AvgIpc) is 2.45. The predicted molar refractivity (Wildman–Crippen MR) is 86.3 cm³/mol. The summed E-state index contributed by atoms with van der Waals surface area (Å²) in [6.45, 7) is 3.88. The molecule has 0 aliphatic rings. The average molecular weight is 341 g/mol. The van der Waals surface area contributed by atoms with Crippen LogP contribution < -0.4 is 4.72 Å². The van der Waals surface area contributed by atoms with Gasteiger partial charge in [0.25, 0.3) is 15.9 Å². The quantitative estimate of drug-likeness (QED) is 0.809. The molecule has 1 N–H and O–H groups in total. The van der Waals surface area contributed by atoms with Gasteiger partial charge < -0.3 is 4.90 Å². The summed E-state index contributed by atoms with van der Waals surface area (Å²) in [5, 5.41) is -0.435. The van der Waals surface area contributed by atoms with Gasteiger partial charge in [-0.1, -0.05) is 26.7 Å². The highest BCUT2D eigenvalue weighted by Crippen LogP contribution is 2.15. The van der Waals surface area contributed by atoms with Crippen molar-refractivity contribution < 1.29 is 18.0 Å². The Morgan fingerprint density at radius 1 is 1.35 bits per heavy atom. The van der Waals surface area contributed by atoms with Gasteiger partial charge in [-0.2, -0.15) is 8.42 Å². The van der Waals surface area contributed by atoms with Crippen LogP contribution in [0.15, 0.2) is 23.4 Å². The monoisotopic (exact) mass is 341 g/mol. The maximum Gasteiger partial charge on any atom is 0.282 e. The highest BCUT2D eigenvalue weighted by Gasteiger charge is 2.26. The Morgan fingerprint density at radius 3 is 2.57 bits per heavy atom. The normalized spacial score (nSPS) is 12.5. The number of nitrogens with one attached hydrogen (secondary N) is 1. The summed E-state index contributed by atoms with van der Waals surface area (Å²) in [5.41, 5.74) is -0.0700. The number of sulfonamides is 1. The lowest BCUT2D eigenvalue weighted by atomic mass is 10.0. The van der Waals surface area contributed by atoms with E-state index in [0.717, 1.165) is 12.8 Å². The summed E-state index contributed by atoms with van der Waals surface area (Å²) in [6.07, 6.45) is 3.13. The molecule has 0 bridgehead atoms. The Kier molecular flexibility index (Phi) is 6.68. The first-order chi connectivity index (χ1) is 10.7. The van der Waals surface area contributed by atoms with Crippen molar-refractivity contribution in [2.45, 2.75) is 38.1 Å². The zero-order chi connectivity index (χ0) is 17.6. The number of aromatic nitrogens is 1. The molecule has 1 atom stereocenters. The number of amides is 2. The Morgan fingerprint density at radius 2 is 2.00 bits per heavy atom. The molecule has 7 nitrogen and oxygen atoms in total. The van der Waals surface area contributed by atoms with Crippen molar-refractivity contribution in [3.05, 3.63) is 23.9 Å². The van der Waals surface area contributed by atoms with E-state index >= 15 is 0 Å². The van der Waals surface area contributed by atoms with E-state index in [4.69, 9.17) is 0 Å². The smallest absolute Gasteiger partial charge is 0.282 e. The maximum absolute atomic E-state index is 12.4. The van der Waals surface area contributed by atoms with Gasteiger partial charge in [-0.05, 0) is 18.1 Å². The van der Waals surface area contributed by atoms with Crippen LogP contribution in [0.2, 0.25) is 0 Å². The van der Waals surface area contributed by atoms with Crippen LogP contribution in [0.4, 0.5) is 0 Å². The Balaban J connectivity index is 3.01. The molecule has 0 saturated heterocycles. The first kappa shape index (κ1) is 19.1. The molecule has 8 heteroatoms. The van der Waals surface area contributed by atoms with Crippen molar-refractivity contribution in [3.8, 4) is 0 Å². The minimum atomic E-state index is -4.19. The van der Waals surface area contributed by atoms with Crippen molar-refractivity contribution in [1.29, 1.82) is 0 Å². The zero-order valence-corrected chi connectivity index (χ0v) is 14.7. The van der Waals surface area contributed by atoms with Crippen LogP contribution >= 0.6 is 0 Å². The molecular formula is C15H23N3O4S. The van der Waals surface area contributed by atoms with Gasteiger partial charge in [0.1, 0.15) is 0 Å². The van der Waals surface area contributed by atoms with Crippen molar-refractivity contribution in [2.24, 2.45) is 5.92 Å². The van der Waals surface area contributed by atoms with Gasteiger partial charge in [-0.3, -0.25) is 9.59 Å². The lowest BCUT2D eigenvalue weighted by molar-refractivity contribution is -0.120. The molecule has 1 aromatic rings. The molecule has 1 rings (SSSR count). The molecule has 2 amide bonds. The van der Waals surface area contributed by atoms with Gasteiger partial charge in [0.15, 0.2) is 5.03 Å². The minimum Gasteiger partial charge on any atom is -0.345 e. The third-order valence-corrected chi connectivity index (χ3v) is 4.56. The molecule has 1 aromatic heterocycles. The van der Waals surface area contributed by atoms with Crippen LogP contribution in [0, 0.1) is 5.92 Å². The summed E-state index contributed by atoms with van der Waals surface area (Å²) in [4.78, 5) is 29.0. The molecule has 0 radical (unpaired) electrons. The van der Waals surface area contributed by atoms with Crippen LogP contribution in [0.1, 0.15) is 43.5 Å². The number of nitrogens with zero attached hydrogens (tertiary/aromatic N) is 2. The first-order valence-corrected chi connectivity index (χ1v) is 8.89. The number of hydrogen-bond donors (Lipinski definition) is 1. The number of carbonyl (C=O) groups excluding carboxylic acids is 2. The van der Waals surface area contributed by atoms with Gasteiger partial charge in [0, 0.05) is 26.7 Å². The van der Waals surface area contributed by atoms with Crippen molar-refractivity contribution in [2.75, 3.05) is 14.1 Å². The molecule has 0 spiro atoms. The number of pyridine rings is 1. The summed E-state index contributed by atoms with van der Waals surface area (Å²) in [6, 6.07) is 2.84. The highest BCUT2D eigenvalue weighted by molar-refractivity contribution is 7.90. The standard InChI is InChI=1S/C15H23N3O4S/c1-5-7-11(2)10-13(19)17-23(21,22)14-12(8-6-9-16-14)15(20)18(3)4/h6,8-9,11H,5,7,10H2,1-4H3,(H,17,19)/t11-/m0/s1. The van der Waals surface area contributed by atoms with Crippen molar-refractivity contribution in [3.63, 3.8) is 0 Å². The summed E-state index contributed by atoms with van der Waals surface area (Å²) >= 11 is 0. The van der Waals surface area contributed by atoms with E-state index in [0.29, 0.717) is 0 Å². The molecule has 0 aromatic carbocycles. The molecule has 0 unspecified atom stereocenters. The van der Waals surface area contributed by atoms with Gasteiger partial charge >= 0.3 is 0 Å². The number of rotatable bonds is 7. The van der Waals surface area contributed by atoms with Gasteiger partial charge in [-0.25, -0.2) is 9.71 Å². The zero-order valence-electron chi connectivity index (χ0n) is 13.9. The molecule has 128 valence electrons. The summed E-state index contributed by atoms with van der Waals surface area (Å²) in [7, 11) is -1.17. The van der Waals surface area contributed by atoms with Crippen LogP contribution in [-0.2, 0) is 14.8 Å². The second-order valence-electron chi connectivity index (χ2n) is 5.68. The highest BCUT2D eigenvalue weighted by atomic mass is 32.2. The topological polar surface area (TPSA) is 96.4 Å². The lowest BCUT2D eigenvalue weighted by Crippen LogP contribution is -2.34. The first-order valence-electron chi connectivity index (χ1n) is 7.41. The fourth-order valence-corrected chi connectivity index (χ4v) is 3.28. The van der Waals surface area contributed by atoms with Gasteiger partial charge in [0.2, 0.25) is 5.91 Å². The second-order valence-corrected chi connectivity index (χ2v) is 7.28. The van der Waals surface area contributed by atoms with E-state index in [9.17, 15) is 18.0 Å². The van der Waals surface area contributed by atoms with Crippen LogP contribution in [0.3, 0.4) is 0 Å². The molecular weight excluding hydrogens is 318 g/mol. The molecule has 0 aliphatic carbocycles. The van der Waals surface area contributed by atoms with E-state index in [1.54, 1.807) is 0 Å². The fourth-order valence-electron chi connectivity index (χ4n) is 2.16. The molecule has 1 heterocycles. The van der Waals surface area contributed by atoms with E-state index in [1.807, 2.05) is 18.6 Å². The summed E-state index contributed by atoms with van der Waals surface area (Å²) in [5.74, 6) is -1.01. The fraction of sp³-hybridized carbons (Fsp3) is 0.533. The Bertz CT molecular complexity index is 671. The van der Waals surface area contributed by atoms with Gasteiger partial charge in [-0.15, -0.1) is 0 Å². The Hall–Kier alpha value is -1.96. The number of carbonyl (C=O) groups is 2. The third kappa shape index (κ3) is 5.31. The molecule has 23 heavy (non-hydrogen) atoms. The van der Waals surface area contributed by atoms with E-state index in [2.05, 4.69) is 4.98 Å². The summed E-state index contributed by atoms with van der Waals surface area (Å²) < 4.78 is 26.7. The van der Waals surface area contributed by atoms with Crippen LogP contribution in [0.5, 0.6) is 0 Å². The Labute approximate surface area is 137 Å². The molecule has 0 saturated carbocycles. The largest absolute Gasteiger partial charge is 0.345 e. The SMILES string of the molecule is CCC[C@H](C)CC(=O)NS(=O)(=O)c1ncccc1C(=O)N(C)C. The van der Waals surface area contributed by atoms with Crippen molar-refractivity contribution in [1.82, 2.24) is 14.6 Å². The molecule has 0 fully saturated rings. The maximum atomic E-state index is 12.4. The van der Waals surface area contributed by atoms with Crippen molar-refractivity contribution >= 4 is 21.8 Å². The third-order valence-electron chi connectivity index (χ3n) is 3.23. The lowest BCUT2D eigenvalue weighted by Gasteiger charge is -2.14. The van der Waals surface area contributed by atoms with Crippen LogP contribution in [0.25, 0.3) is 0 Å². The van der Waals surface area contributed by atoms with E-state index in [-0.39, 0.29) is 17.9 Å². The molecule has 0 aliphatic heterocycles. The van der Waals surface area contributed by atoms with E-state index < -0.39 is 26.9 Å². The minimum absolute atomic E-state index is 0.0700. The predicted octanol–water partition coefficient (Wildman–Crippen LogP) is 1.41. The second kappa shape index (κ2) is 8.05. The van der Waals surface area contributed by atoms with Crippen LogP contribution in [-0.4, -0.2) is 44.2 Å². The number of hydrogen-bond acceptors (Lipinski definition) is 5.